The summed E-state index contributed by atoms with van der Waals surface area (Å²) in [4.78, 5) is 39.2. The zero-order valence-electron chi connectivity index (χ0n) is 14.3. The van der Waals surface area contributed by atoms with E-state index in [-0.39, 0.29) is 30.8 Å². The molecule has 1 saturated heterocycles. The van der Waals surface area contributed by atoms with Gasteiger partial charge in [0.15, 0.2) is 0 Å². The Morgan fingerprint density at radius 2 is 2.00 bits per heavy atom. The molecule has 1 aromatic rings. The van der Waals surface area contributed by atoms with Crippen LogP contribution in [0, 0.1) is 6.92 Å². The Morgan fingerprint density at radius 3 is 2.62 bits per heavy atom. The maximum Gasteiger partial charge on any atom is 0.243 e. The topological polar surface area (TPSA) is 81.8 Å². The molecular weight excluding hydrogens is 308 g/mol. The normalized spacial score (nSPS) is 16.2. The first-order valence-electron chi connectivity index (χ1n) is 7.99. The Balaban J connectivity index is 1.86. The summed E-state index contributed by atoms with van der Waals surface area (Å²) in [6, 6.07) is 7.03. The standard InChI is InChI=1S/C17H24N4O3/c1-12-4-6-14(7-5-12)19-16(23)10-20(3)17(24)13(2)21-9-8-18-15(22)11-21/h4-7,13H,8-11H2,1-3H3,(H,18,22)(H,19,23)/t13-/m1/s1. The first-order valence-corrected chi connectivity index (χ1v) is 7.99. The van der Waals surface area contributed by atoms with Crippen LogP contribution in [0.4, 0.5) is 5.69 Å². The predicted octanol–water partition coefficient (Wildman–Crippen LogP) is 0.212. The minimum absolute atomic E-state index is 0.0307. The van der Waals surface area contributed by atoms with Gasteiger partial charge in [-0.15, -0.1) is 0 Å². The van der Waals surface area contributed by atoms with Crippen LogP contribution in [0.5, 0.6) is 0 Å². The molecule has 7 nitrogen and oxygen atoms in total. The second kappa shape index (κ2) is 7.92. The molecule has 0 saturated carbocycles. The monoisotopic (exact) mass is 332 g/mol. The lowest BCUT2D eigenvalue weighted by Crippen LogP contribution is -2.55. The van der Waals surface area contributed by atoms with Crippen molar-refractivity contribution in [3.05, 3.63) is 29.8 Å². The maximum atomic E-state index is 12.5. The van der Waals surface area contributed by atoms with Crippen LogP contribution in [0.25, 0.3) is 0 Å². The Morgan fingerprint density at radius 1 is 1.33 bits per heavy atom. The van der Waals surface area contributed by atoms with Crippen LogP contribution in [0.2, 0.25) is 0 Å². The minimum atomic E-state index is -0.437. The van der Waals surface area contributed by atoms with E-state index in [4.69, 9.17) is 0 Å². The number of piperazine rings is 1. The van der Waals surface area contributed by atoms with Gasteiger partial charge in [0.05, 0.1) is 19.1 Å². The molecule has 130 valence electrons. The first-order chi connectivity index (χ1) is 11.4. The van der Waals surface area contributed by atoms with Crippen LogP contribution in [-0.4, -0.2) is 66.8 Å². The van der Waals surface area contributed by atoms with Crippen molar-refractivity contribution >= 4 is 23.4 Å². The van der Waals surface area contributed by atoms with Gasteiger partial charge in [-0.05, 0) is 26.0 Å². The summed E-state index contributed by atoms with van der Waals surface area (Å²) in [5.74, 6) is -0.511. The quantitative estimate of drug-likeness (QED) is 0.808. The van der Waals surface area contributed by atoms with E-state index in [9.17, 15) is 14.4 Å². The van der Waals surface area contributed by atoms with Gasteiger partial charge in [-0.2, -0.15) is 0 Å². The molecule has 3 amide bonds. The lowest BCUT2D eigenvalue weighted by Gasteiger charge is -2.33. The van der Waals surface area contributed by atoms with Gasteiger partial charge in [0.1, 0.15) is 0 Å². The van der Waals surface area contributed by atoms with E-state index < -0.39 is 6.04 Å². The van der Waals surface area contributed by atoms with Crippen molar-refractivity contribution in [2.75, 3.05) is 38.5 Å². The van der Waals surface area contributed by atoms with Crippen LogP contribution in [-0.2, 0) is 14.4 Å². The van der Waals surface area contributed by atoms with E-state index in [2.05, 4.69) is 10.6 Å². The van der Waals surface area contributed by atoms with Gasteiger partial charge in [-0.1, -0.05) is 17.7 Å². The van der Waals surface area contributed by atoms with E-state index >= 15 is 0 Å². The highest BCUT2D eigenvalue weighted by Crippen LogP contribution is 2.09. The molecule has 1 aliphatic heterocycles. The lowest BCUT2D eigenvalue weighted by molar-refractivity contribution is -0.139. The molecule has 0 aliphatic carbocycles. The summed E-state index contributed by atoms with van der Waals surface area (Å²) in [7, 11) is 1.59. The molecule has 7 heteroatoms. The van der Waals surface area contributed by atoms with Crippen molar-refractivity contribution in [3.8, 4) is 0 Å². The number of carbonyl (C=O) groups is 3. The number of hydrogen-bond donors (Lipinski definition) is 2. The maximum absolute atomic E-state index is 12.5. The molecule has 1 fully saturated rings. The summed E-state index contributed by atoms with van der Waals surface area (Å²) in [6.45, 7) is 5.07. The molecule has 1 aromatic carbocycles. The number of carbonyl (C=O) groups excluding carboxylic acids is 3. The zero-order chi connectivity index (χ0) is 17.7. The van der Waals surface area contributed by atoms with Crippen LogP contribution in [0.3, 0.4) is 0 Å². The van der Waals surface area contributed by atoms with Crippen LogP contribution >= 0.6 is 0 Å². The van der Waals surface area contributed by atoms with Gasteiger partial charge in [0.2, 0.25) is 17.7 Å². The molecular formula is C17H24N4O3. The molecule has 0 aromatic heterocycles. The van der Waals surface area contributed by atoms with Gasteiger partial charge in [-0.25, -0.2) is 0 Å². The van der Waals surface area contributed by atoms with Crippen LogP contribution in [0.15, 0.2) is 24.3 Å². The van der Waals surface area contributed by atoms with E-state index in [1.165, 1.54) is 4.90 Å². The average Bonchev–Trinajstić information content (AvgIpc) is 2.55. The zero-order valence-corrected chi connectivity index (χ0v) is 14.3. The van der Waals surface area contributed by atoms with Gasteiger partial charge >= 0.3 is 0 Å². The van der Waals surface area contributed by atoms with Crippen molar-refractivity contribution in [2.24, 2.45) is 0 Å². The fourth-order valence-electron chi connectivity index (χ4n) is 2.59. The Labute approximate surface area is 142 Å². The molecule has 2 rings (SSSR count). The van der Waals surface area contributed by atoms with Crippen molar-refractivity contribution < 1.29 is 14.4 Å². The third-order valence-electron chi connectivity index (χ3n) is 4.07. The van der Waals surface area contributed by atoms with Crippen LogP contribution < -0.4 is 10.6 Å². The molecule has 0 bridgehead atoms. The summed E-state index contributed by atoms with van der Waals surface area (Å²) >= 11 is 0. The highest BCUT2D eigenvalue weighted by atomic mass is 16.2. The largest absolute Gasteiger partial charge is 0.354 e. The first kappa shape index (κ1) is 17.9. The highest BCUT2D eigenvalue weighted by Gasteiger charge is 2.28. The number of benzene rings is 1. The Kier molecular flexibility index (Phi) is 5.92. The molecule has 0 radical (unpaired) electrons. The molecule has 0 spiro atoms. The predicted molar refractivity (Wildman–Crippen MR) is 91.5 cm³/mol. The van der Waals surface area contributed by atoms with E-state index in [1.807, 2.05) is 36.1 Å². The number of aryl methyl sites for hydroxylation is 1. The number of rotatable bonds is 5. The fraction of sp³-hybridized carbons (Fsp3) is 0.471. The molecule has 1 heterocycles. The Bertz CT molecular complexity index is 615. The number of nitrogens with zero attached hydrogens (tertiary/aromatic N) is 2. The van der Waals surface area contributed by atoms with E-state index in [0.717, 1.165) is 5.56 Å². The number of amides is 3. The van der Waals surface area contributed by atoms with E-state index in [0.29, 0.717) is 18.8 Å². The second-order valence-electron chi connectivity index (χ2n) is 6.10. The van der Waals surface area contributed by atoms with Crippen LogP contribution in [0.1, 0.15) is 12.5 Å². The molecule has 24 heavy (non-hydrogen) atoms. The number of nitrogens with one attached hydrogen (secondary N) is 2. The summed E-state index contributed by atoms with van der Waals surface area (Å²) in [6.07, 6.45) is 0. The second-order valence-corrected chi connectivity index (χ2v) is 6.10. The molecule has 1 atom stereocenters. The highest BCUT2D eigenvalue weighted by molar-refractivity contribution is 5.95. The summed E-state index contributed by atoms with van der Waals surface area (Å²) in [5.41, 5.74) is 1.81. The van der Waals surface area contributed by atoms with Crippen molar-refractivity contribution in [2.45, 2.75) is 19.9 Å². The third kappa shape index (κ3) is 4.79. The van der Waals surface area contributed by atoms with Gasteiger partial charge in [0, 0.05) is 25.8 Å². The van der Waals surface area contributed by atoms with Gasteiger partial charge in [-0.3, -0.25) is 19.3 Å². The SMILES string of the molecule is Cc1ccc(NC(=O)CN(C)C(=O)[C@@H](C)N2CCNC(=O)C2)cc1. The number of likely N-dealkylation sites (N-methyl/N-ethyl adjacent to an activating group) is 1. The lowest BCUT2D eigenvalue weighted by atomic mass is 10.2. The average molecular weight is 332 g/mol. The molecule has 0 unspecified atom stereocenters. The Hall–Kier alpha value is -2.41. The third-order valence-corrected chi connectivity index (χ3v) is 4.07. The van der Waals surface area contributed by atoms with Crippen molar-refractivity contribution in [1.82, 2.24) is 15.1 Å². The van der Waals surface area contributed by atoms with Gasteiger partial charge in [0.25, 0.3) is 0 Å². The number of hydrogen-bond acceptors (Lipinski definition) is 4. The smallest absolute Gasteiger partial charge is 0.243 e. The molecule has 1 aliphatic rings. The molecule has 2 N–H and O–H groups in total. The van der Waals surface area contributed by atoms with E-state index in [1.54, 1.807) is 14.0 Å². The van der Waals surface area contributed by atoms with Crippen molar-refractivity contribution in [1.29, 1.82) is 0 Å². The number of anilines is 1. The van der Waals surface area contributed by atoms with Crippen molar-refractivity contribution in [3.63, 3.8) is 0 Å². The van der Waals surface area contributed by atoms with Gasteiger partial charge < -0.3 is 15.5 Å². The minimum Gasteiger partial charge on any atom is -0.354 e. The summed E-state index contributed by atoms with van der Waals surface area (Å²) < 4.78 is 0. The fourth-order valence-corrected chi connectivity index (χ4v) is 2.59. The summed E-state index contributed by atoms with van der Waals surface area (Å²) in [5, 5.41) is 5.50.